The number of hydrogen-bond donors (Lipinski definition) is 2. The molecule has 7 heteroatoms. The molecule has 2 N–H and O–H groups in total. The summed E-state index contributed by atoms with van der Waals surface area (Å²) in [5, 5.41) is 20.3. The molecule has 2 unspecified atom stereocenters. The first-order chi connectivity index (χ1) is 12.1. The van der Waals surface area contributed by atoms with Crippen molar-refractivity contribution in [2.75, 3.05) is 21.3 Å². The van der Waals surface area contributed by atoms with Crippen LogP contribution in [0.4, 0.5) is 0 Å². The molecule has 1 aliphatic rings. The lowest BCUT2D eigenvalue weighted by Gasteiger charge is -2.30. The smallest absolute Gasteiger partial charge is 0.201 e. The third-order valence-electron chi connectivity index (χ3n) is 4.02. The van der Waals surface area contributed by atoms with Gasteiger partial charge in [-0.2, -0.15) is 5.23 Å². The topological polar surface area (TPSA) is 84.7 Å². The lowest BCUT2D eigenvalue weighted by molar-refractivity contribution is -1.02. The van der Waals surface area contributed by atoms with Crippen LogP contribution in [-0.4, -0.2) is 26.5 Å². The second kappa shape index (κ2) is 7.02. The van der Waals surface area contributed by atoms with Crippen molar-refractivity contribution in [1.82, 2.24) is 0 Å². The van der Waals surface area contributed by atoms with E-state index in [-0.39, 0.29) is 5.70 Å². The second-order valence-corrected chi connectivity index (χ2v) is 5.40. The summed E-state index contributed by atoms with van der Waals surface area (Å²) in [6.07, 6.45) is 0.812. The Morgan fingerprint density at radius 1 is 1.00 bits per heavy atom. The normalized spacial score (nSPS) is 17.0. The van der Waals surface area contributed by atoms with E-state index in [2.05, 4.69) is 0 Å². The van der Waals surface area contributed by atoms with Gasteiger partial charge in [-0.05, 0) is 18.2 Å². The van der Waals surface area contributed by atoms with Gasteiger partial charge in [0.1, 0.15) is 0 Å². The third-order valence-corrected chi connectivity index (χ3v) is 4.02. The fraction of sp³-hybridized carbons (Fsp3) is 0.222. The minimum atomic E-state index is -1.05. The van der Waals surface area contributed by atoms with Crippen molar-refractivity contribution in [3.05, 3.63) is 58.4 Å². The Morgan fingerprint density at radius 3 is 2.36 bits per heavy atom. The quantitative estimate of drug-likeness (QED) is 0.806. The molecule has 0 saturated heterocycles. The number of rotatable bonds is 5. The Kier molecular flexibility index (Phi) is 4.80. The van der Waals surface area contributed by atoms with Crippen molar-refractivity contribution in [1.29, 1.82) is 0 Å². The van der Waals surface area contributed by atoms with Crippen LogP contribution in [0.5, 0.6) is 23.0 Å². The molecule has 2 aromatic rings. The van der Waals surface area contributed by atoms with Crippen molar-refractivity contribution >= 4 is 6.08 Å². The van der Waals surface area contributed by atoms with Gasteiger partial charge in [-0.25, -0.2) is 5.21 Å². The van der Waals surface area contributed by atoms with Crippen LogP contribution in [0, 0.1) is 5.21 Å². The zero-order chi connectivity index (χ0) is 18.0. The van der Waals surface area contributed by atoms with Gasteiger partial charge in [-0.15, -0.1) is 0 Å². The fourth-order valence-electron chi connectivity index (χ4n) is 2.80. The van der Waals surface area contributed by atoms with Crippen LogP contribution in [0.1, 0.15) is 17.2 Å². The molecular formula is C18H19NO6. The molecule has 0 bridgehead atoms. The number of para-hydroxylation sites is 1. The SMILES string of the molecule is COc1ccc(C2Oc3c(cccc3OC)C=C2[NH+]([O-])O)cc1OC. The van der Waals surface area contributed by atoms with Gasteiger partial charge < -0.3 is 24.2 Å². The average Bonchev–Trinajstić information content (AvgIpc) is 2.65. The Balaban J connectivity index is 2.09. The molecule has 2 aromatic carbocycles. The van der Waals surface area contributed by atoms with Gasteiger partial charge >= 0.3 is 0 Å². The highest BCUT2D eigenvalue weighted by atomic mass is 16.8. The summed E-state index contributed by atoms with van der Waals surface area (Å²) in [5.74, 6) is 2.11. The number of nitrogens with one attached hydrogen (secondary N) is 1. The van der Waals surface area contributed by atoms with E-state index in [1.54, 1.807) is 56.7 Å². The molecule has 7 nitrogen and oxygen atoms in total. The van der Waals surface area contributed by atoms with Crippen LogP contribution in [-0.2, 0) is 0 Å². The van der Waals surface area contributed by atoms with E-state index in [9.17, 15) is 10.4 Å². The standard InChI is InChI=1S/C18H19NO6/c1-22-14-8-7-12(10-16(14)24-3)17-13(19(20)21)9-11-5-4-6-15(23-2)18(11)25-17/h4-10,17,19-20H,1-3H3. The summed E-state index contributed by atoms with van der Waals surface area (Å²) in [6, 6.07) is 10.5. The van der Waals surface area contributed by atoms with Crippen LogP contribution in [0.15, 0.2) is 42.1 Å². The molecule has 0 aromatic heterocycles. The molecule has 0 aliphatic carbocycles. The zero-order valence-electron chi connectivity index (χ0n) is 14.1. The Bertz CT molecular complexity index is 802. The van der Waals surface area contributed by atoms with Gasteiger partial charge in [0.25, 0.3) is 0 Å². The van der Waals surface area contributed by atoms with Gasteiger partial charge in [0, 0.05) is 17.2 Å². The molecule has 0 amide bonds. The van der Waals surface area contributed by atoms with Crippen LogP contribution in [0.2, 0.25) is 0 Å². The minimum absolute atomic E-state index is 0.132. The van der Waals surface area contributed by atoms with Crippen molar-refractivity contribution < 1.29 is 29.4 Å². The van der Waals surface area contributed by atoms with E-state index in [0.29, 0.717) is 34.1 Å². The number of ether oxygens (including phenoxy) is 4. The van der Waals surface area contributed by atoms with E-state index in [1.165, 1.54) is 7.11 Å². The number of hydrogen-bond acceptors (Lipinski definition) is 6. The van der Waals surface area contributed by atoms with Crippen molar-refractivity contribution in [3.8, 4) is 23.0 Å². The third kappa shape index (κ3) is 3.12. The van der Waals surface area contributed by atoms with E-state index >= 15 is 0 Å². The number of fused-ring (bicyclic) bond motifs is 1. The van der Waals surface area contributed by atoms with Crippen LogP contribution < -0.4 is 24.2 Å². The van der Waals surface area contributed by atoms with E-state index in [1.807, 2.05) is 0 Å². The molecule has 1 heterocycles. The molecule has 132 valence electrons. The molecule has 0 radical (unpaired) electrons. The van der Waals surface area contributed by atoms with E-state index in [0.717, 1.165) is 0 Å². The number of methoxy groups -OCH3 is 3. The van der Waals surface area contributed by atoms with Crippen LogP contribution >= 0.6 is 0 Å². The second-order valence-electron chi connectivity index (χ2n) is 5.40. The monoisotopic (exact) mass is 345 g/mol. The predicted octanol–water partition coefficient (Wildman–Crippen LogP) is 1.96. The van der Waals surface area contributed by atoms with Gasteiger partial charge in [0.2, 0.25) is 6.10 Å². The average molecular weight is 345 g/mol. The molecule has 2 atom stereocenters. The van der Waals surface area contributed by atoms with E-state index < -0.39 is 11.3 Å². The van der Waals surface area contributed by atoms with Gasteiger partial charge in [0.05, 0.1) is 21.3 Å². The first-order valence-electron chi connectivity index (χ1n) is 7.59. The number of hydroxylamine groups is 2. The highest BCUT2D eigenvalue weighted by Gasteiger charge is 2.32. The largest absolute Gasteiger partial charge is 0.595 e. The number of benzene rings is 2. The van der Waals surface area contributed by atoms with E-state index in [4.69, 9.17) is 18.9 Å². The lowest BCUT2D eigenvalue weighted by Crippen LogP contribution is -3.03. The summed E-state index contributed by atoms with van der Waals surface area (Å²) in [7, 11) is 4.61. The maximum atomic E-state index is 11.7. The molecule has 25 heavy (non-hydrogen) atoms. The summed E-state index contributed by atoms with van der Waals surface area (Å²) < 4.78 is 21.9. The predicted molar refractivity (Wildman–Crippen MR) is 90.0 cm³/mol. The maximum Gasteiger partial charge on any atom is 0.201 e. The zero-order valence-corrected chi connectivity index (χ0v) is 14.1. The highest BCUT2D eigenvalue weighted by molar-refractivity contribution is 5.66. The van der Waals surface area contributed by atoms with Crippen molar-refractivity contribution in [2.24, 2.45) is 0 Å². The lowest BCUT2D eigenvalue weighted by atomic mass is 10.00. The molecule has 1 aliphatic heterocycles. The van der Waals surface area contributed by atoms with Crippen LogP contribution in [0.3, 0.4) is 0 Å². The van der Waals surface area contributed by atoms with Gasteiger partial charge in [-0.1, -0.05) is 18.2 Å². The van der Waals surface area contributed by atoms with Crippen LogP contribution in [0.25, 0.3) is 6.08 Å². The summed E-state index contributed by atoms with van der Waals surface area (Å²) >= 11 is 0. The highest BCUT2D eigenvalue weighted by Crippen LogP contribution is 2.42. The Hall–Kier alpha value is -2.74. The first-order valence-corrected chi connectivity index (χ1v) is 7.59. The molecule has 0 spiro atoms. The maximum absolute atomic E-state index is 11.7. The summed E-state index contributed by atoms with van der Waals surface area (Å²) in [4.78, 5) is 0. The minimum Gasteiger partial charge on any atom is -0.595 e. The fourth-order valence-corrected chi connectivity index (χ4v) is 2.80. The summed E-state index contributed by atoms with van der Waals surface area (Å²) in [6.45, 7) is 0. The number of quaternary nitrogens is 1. The van der Waals surface area contributed by atoms with Crippen molar-refractivity contribution in [2.45, 2.75) is 6.10 Å². The summed E-state index contributed by atoms with van der Waals surface area (Å²) in [5.41, 5.74) is 1.43. The van der Waals surface area contributed by atoms with Gasteiger partial charge in [0.15, 0.2) is 28.7 Å². The molecular weight excluding hydrogens is 326 g/mol. The first kappa shape index (κ1) is 17.1. The Labute approximate surface area is 145 Å². The Morgan fingerprint density at radius 2 is 1.72 bits per heavy atom. The van der Waals surface area contributed by atoms with Gasteiger partial charge in [-0.3, -0.25) is 0 Å². The molecule has 0 saturated carbocycles. The molecule has 0 fully saturated rings. The van der Waals surface area contributed by atoms with Crippen molar-refractivity contribution in [3.63, 3.8) is 0 Å². The molecule has 3 rings (SSSR count).